The predicted molar refractivity (Wildman–Crippen MR) is 53.0 cm³/mol. The maximum Gasteiger partial charge on any atom is 0.152 e. The number of piperidine rings is 1. The standard InChI is InChI=1S/C9H14N2OS/c1-11-5-3-2-4-9(11)12-8-6-10-13-7-8/h6-7,9H,2-5H2,1H3. The third-order valence-corrected chi connectivity index (χ3v) is 2.95. The van der Waals surface area contributed by atoms with Crippen LogP contribution in [0, 0.1) is 0 Å². The van der Waals surface area contributed by atoms with Crippen molar-refractivity contribution in [1.82, 2.24) is 9.27 Å². The van der Waals surface area contributed by atoms with Crippen LogP contribution in [-0.2, 0) is 0 Å². The average molecular weight is 198 g/mol. The molecule has 0 bridgehead atoms. The molecule has 1 atom stereocenters. The molecule has 1 saturated heterocycles. The molecule has 3 nitrogen and oxygen atoms in total. The van der Waals surface area contributed by atoms with Crippen molar-refractivity contribution in [3.63, 3.8) is 0 Å². The van der Waals surface area contributed by atoms with Gasteiger partial charge in [-0.3, -0.25) is 4.90 Å². The first-order chi connectivity index (χ1) is 6.36. The predicted octanol–water partition coefficient (Wildman–Crippen LogP) is 1.96. The van der Waals surface area contributed by atoms with Crippen LogP contribution in [0.25, 0.3) is 0 Å². The van der Waals surface area contributed by atoms with Crippen LogP contribution in [-0.4, -0.2) is 29.1 Å². The van der Waals surface area contributed by atoms with E-state index in [-0.39, 0.29) is 6.23 Å². The van der Waals surface area contributed by atoms with Crippen LogP contribution in [0.1, 0.15) is 19.3 Å². The van der Waals surface area contributed by atoms with Gasteiger partial charge in [-0.2, -0.15) is 4.37 Å². The van der Waals surface area contributed by atoms with Gasteiger partial charge in [0.1, 0.15) is 0 Å². The van der Waals surface area contributed by atoms with Crippen LogP contribution >= 0.6 is 11.5 Å². The van der Waals surface area contributed by atoms with E-state index < -0.39 is 0 Å². The molecule has 72 valence electrons. The summed E-state index contributed by atoms with van der Waals surface area (Å²) in [6.45, 7) is 1.14. The van der Waals surface area contributed by atoms with Crippen LogP contribution in [0.3, 0.4) is 0 Å². The van der Waals surface area contributed by atoms with Crippen molar-refractivity contribution in [3.8, 4) is 5.75 Å². The van der Waals surface area contributed by atoms with E-state index >= 15 is 0 Å². The molecule has 4 heteroatoms. The summed E-state index contributed by atoms with van der Waals surface area (Å²) in [4.78, 5) is 2.27. The van der Waals surface area contributed by atoms with Gasteiger partial charge in [-0.25, -0.2) is 0 Å². The van der Waals surface area contributed by atoms with E-state index in [9.17, 15) is 0 Å². The lowest BCUT2D eigenvalue weighted by Gasteiger charge is -2.31. The molecule has 2 rings (SSSR count). The quantitative estimate of drug-likeness (QED) is 0.726. The minimum Gasteiger partial charge on any atom is -0.473 e. The molecule has 0 radical (unpaired) electrons. The van der Waals surface area contributed by atoms with Gasteiger partial charge >= 0.3 is 0 Å². The van der Waals surface area contributed by atoms with Gasteiger partial charge in [0, 0.05) is 6.54 Å². The van der Waals surface area contributed by atoms with Gasteiger partial charge in [0.2, 0.25) is 0 Å². The molecule has 0 N–H and O–H groups in total. The van der Waals surface area contributed by atoms with Gasteiger partial charge < -0.3 is 4.74 Å². The summed E-state index contributed by atoms with van der Waals surface area (Å²) in [6, 6.07) is 0. The van der Waals surface area contributed by atoms with E-state index in [0.717, 1.165) is 18.7 Å². The highest BCUT2D eigenvalue weighted by Gasteiger charge is 2.20. The van der Waals surface area contributed by atoms with Crippen molar-refractivity contribution in [2.75, 3.05) is 13.6 Å². The third kappa shape index (κ3) is 2.19. The Morgan fingerprint density at radius 1 is 1.62 bits per heavy atom. The van der Waals surface area contributed by atoms with Crippen molar-refractivity contribution in [2.24, 2.45) is 0 Å². The van der Waals surface area contributed by atoms with Crippen molar-refractivity contribution >= 4 is 11.5 Å². The van der Waals surface area contributed by atoms with Crippen molar-refractivity contribution in [2.45, 2.75) is 25.5 Å². The SMILES string of the molecule is CN1CCCCC1Oc1cnsc1. The first-order valence-corrected chi connectivity index (χ1v) is 5.46. The number of nitrogens with zero attached hydrogens (tertiary/aromatic N) is 2. The Hall–Kier alpha value is -0.610. The summed E-state index contributed by atoms with van der Waals surface area (Å²) < 4.78 is 9.79. The molecule has 13 heavy (non-hydrogen) atoms. The number of ether oxygens (including phenoxy) is 1. The normalized spacial score (nSPS) is 24.5. The molecule has 1 aromatic rings. The van der Waals surface area contributed by atoms with Crippen molar-refractivity contribution in [1.29, 1.82) is 0 Å². The zero-order chi connectivity index (χ0) is 9.10. The number of likely N-dealkylation sites (tertiary alicyclic amines) is 1. The van der Waals surface area contributed by atoms with Crippen LogP contribution < -0.4 is 4.74 Å². The van der Waals surface area contributed by atoms with Crippen molar-refractivity contribution < 1.29 is 4.74 Å². The fourth-order valence-corrected chi connectivity index (χ4v) is 2.05. The van der Waals surface area contributed by atoms with Gasteiger partial charge in [-0.05, 0) is 37.8 Å². The highest BCUT2D eigenvalue weighted by molar-refractivity contribution is 7.03. The van der Waals surface area contributed by atoms with E-state index in [4.69, 9.17) is 4.74 Å². The Morgan fingerprint density at radius 2 is 2.54 bits per heavy atom. The molecule has 0 spiro atoms. The Balaban J connectivity index is 1.93. The minimum atomic E-state index is 0.255. The highest BCUT2D eigenvalue weighted by Crippen LogP contribution is 2.20. The number of hydrogen-bond acceptors (Lipinski definition) is 4. The van der Waals surface area contributed by atoms with E-state index in [1.807, 2.05) is 5.38 Å². The molecule has 0 amide bonds. The molecule has 2 heterocycles. The monoisotopic (exact) mass is 198 g/mol. The summed E-state index contributed by atoms with van der Waals surface area (Å²) in [5.74, 6) is 0.906. The second-order valence-electron chi connectivity index (χ2n) is 3.41. The average Bonchev–Trinajstić information content (AvgIpc) is 2.61. The zero-order valence-corrected chi connectivity index (χ0v) is 8.59. The second kappa shape index (κ2) is 4.07. The number of rotatable bonds is 2. The van der Waals surface area contributed by atoms with Gasteiger partial charge in [0.15, 0.2) is 12.0 Å². The lowest BCUT2D eigenvalue weighted by molar-refractivity contribution is 0.0152. The number of hydrogen-bond donors (Lipinski definition) is 0. The van der Waals surface area contributed by atoms with Crippen LogP contribution in [0.2, 0.25) is 0 Å². The molecular formula is C9H14N2OS. The molecule has 1 fully saturated rings. The molecule has 1 aromatic heterocycles. The summed E-state index contributed by atoms with van der Waals surface area (Å²) >= 11 is 1.44. The summed E-state index contributed by atoms with van der Waals surface area (Å²) in [5, 5.41) is 1.95. The first-order valence-electron chi connectivity index (χ1n) is 4.62. The molecule has 1 aliphatic rings. The van der Waals surface area contributed by atoms with Crippen LogP contribution in [0.15, 0.2) is 11.6 Å². The van der Waals surface area contributed by atoms with E-state index in [1.165, 1.54) is 24.4 Å². The number of aromatic nitrogens is 1. The molecule has 0 aromatic carbocycles. The lowest BCUT2D eigenvalue weighted by Crippen LogP contribution is -2.40. The van der Waals surface area contributed by atoms with Crippen LogP contribution in [0.5, 0.6) is 5.75 Å². The summed E-state index contributed by atoms with van der Waals surface area (Å²) in [5.41, 5.74) is 0. The molecule has 1 unspecified atom stereocenters. The van der Waals surface area contributed by atoms with E-state index in [0.29, 0.717) is 0 Å². The molecular weight excluding hydrogens is 184 g/mol. The Morgan fingerprint density at radius 3 is 3.23 bits per heavy atom. The van der Waals surface area contributed by atoms with Crippen LogP contribution in [0.4, 0.5) is 0 Å². The Labute approximate surface area is 82.5 Å². The highest BCUT2D eigenvalue weighted by atomic mass is 32.1. The largest absolute Gasteiger partial charge is 0.473 e. The lowest BCUT2D eigenvalue weighted by atomic mass is 10.1. The van der Waals surface area contributed by atoms with Gasteiger partial charge in [-0.1, -0.05) is 0 Å². The summed E-state index contributed by atoms with van der Waals surface area (Å²) in [7, 11) is 2.11. The maximum atomic E-state index is 5.78. The fourth-order valence-electron chi connectivity index (χ4n) is 1.60. The Kier molecular flexibility index (Phi) is 2.80. The molecule has 0 saturated carbocycles. The fraction of sp³-hybridized carbons (Fsp3) is 0.667. The molecule has 1 aliphatic heterocycles. The van der Waals surface area contributed by atoms with E-state index in [1.54, 1.807) is 6.20 Å². The minimum absolute atomic E-state index is 0.255. The second-order valence-corrected chi connectivity index (χ2v) is 4.07. The Bertz CT molecular complexity index is 250. The first kappa shape index (κ1) is 8.97. The summed E-state index contributed by atoms with van der Waals surface area (Å²) in [6.07, 6.45) is 5.73. The van der Waals surface area contributed by atoms with E-state index in [2.05, 4.69) is 16.3 Å². The van der Waals surface area contributed by atoms with Gasteiger partial charge in [-0.15, -0.1) is 0 Å². The van der Waals surface area contributed by atoms with Gasteiger partial charge in [0.25, 0.3) is 0 Å². The smallest absolute Gasteiger partial charge is 0.152 e. The molecule has 0 aliphatic carbocycles. The third-order valence-electron chi connectivity index (χ3n) is 2.39. The van der Waals surface area contributed by atoms with Gasteiger partial charge in [0.05, 0.1) is 11.6 Å². The van der Waals surface area contributed by atoms with Crippen molar-refractivity contribution in [3.05, 3.63) is 11.6 Å². The topological polar surface area (TPSA) is 25.4 Å². The zero-order valence-electron chi connectivity index (χ0n) is 7.77. The maximum absolute atomic E-state index is 5.78.